The first-order valence-corrected chi connectivity index (χ1v) is 8.30. The van der Waals surface area contributed by atoms with Crippen LogP contribution in [0.1, 0.15) is 25.1 Å². The topological polar surface area (TPSA) is 35.0 Å². The van der Waals surface area contributed by atoms with E-state index in [1.165, 1.54) is 6.42 Å². The van der Waals surface area contributed by atoms with Crippen LogP contribution in [-0.4, -0.2) is 22.7 Å². The van der Waals surface area contributed by atoms with E-state index in [0.717, 1.165) is 41.0 Å². The van der Waals surface area contributed by atoms with Crippen LogP contribution in [0.2, 0.25) is 5.15 Å². The third kappa shape index (κ3) is 3.62. The second-order valence-corrected chi connectivity index (χ2v) is 6.30. The van der Waals surface area contributed by atoms with Gasteiger partial charge < -0.3 is 4.74 Å². The van der Waals surface area contributed by atoms with Crippen LogP contribution in [0, 0.1) is 0 Å². The van der Waals surface area contributed by atoms with Gasteiger partial charge in [-0.25, -0.2) is 9.97 Å². The van der Waals surface area contributed by atoms with E-state index in [0.29, 0.717) is 11.6 Å². The Morgan fingerprint density at radius 2 is 2.00 bits per heavy atom. The maximum absolute atomic E-state index is 6.25. The average molecular weight is 368 g/mol. The molecule has 0 bridgehead atoms. The monoisotopic (exact) mass is 366 g/mol. The molecule has 110 valence electrons. The second-order valence-electron chi connectivity index (χ2n) is 5.15. The van der Waals surface area contributed by atoms with Gasteiger partial charge in [0.15, 0.2) is 0 Å². The van der Waals surface area contributed by atoms with Crippen LogP contribution in [0.15, 0.2) is 34.8 Å². The first-order chi connectivity index (χ1) is 10.2. The quantitative estimate of drug-likeness (QED) is 0.739. The molecule has 3 rings (SSSR count). The fourth-order valence-corrected chi connectivity index (χ4v) is 3.11. The van der Waals surface area contributed by atoms with Gasteiger partial charge in [-0.1, -0.05) is 41.9 Å². The first kappa shape index (κ1) is 14.9. The number of ether oxygens (including phenoxy) is 1. The minimum atomic E-state index is 0.208. The SMILES string of the molecule is Clc1nc(CC2CCCCO2)nc(-c2ccccc2)c1Br. The molecule has 1 atom stereocenters. The standard InChI is InChI=1S/C16H16BrClN2O/c17-14-15(11-6-2-1-3-7-11)19-13(20-16(14)18)10-12-8-4-5-9-21-12/h1-3,6-7,12H,4-5,8-10H2. The normalized spacial score (nSPS) is 18.7. The van der Waals surface area contributed by atoms with Crippen LogP contribution < -0.4 is 0 Å². The highest BCUT2D eigenvalue weighted by Gasteiger charge is 2.18. The zero-order valence-electron chi connectivity index (χ0n) is 11.6. The van der Waals surface area contributed by atoms with E-state index in [1.54, 1.807) is 0 Å². The van der Waals surface area contributed by atoms with Gasteiger partial charge in [-0.3, -0.25) is 0 Å². The van der Waals surface area contributed by atoms with Crippen molar-refractivity contribution in [2.24, 2.45) is 0 Å². The molecule has 1 saturated heterocycles. The molecule has 1 aromatic heterocycles. The predicted octanol–water partition coefficient (Wildman–Crippen LogP) is 4.67. The Kier molecular flexibility index (Phi) is 4.88. The Labute approximate surface area is 137 Å². The van der Waals surface area contributed by atoms with Crippen LogP contribution in [0.3, 0.4) is 0 Å². The molecular formula is C16H16BrClN2O. The molecule has 0 aliphatic carbocycles. The van der Waals surface area contributed by atoms with Gasteiger partial charge in [0.25, 0.3) is 0 Å². The van der Waals surface area contributed by atoms with Crippen molar-refractivity contribution in [1.82, 2.24) is 9.97 Å². The van der Waals surface area contributed by atoms with Gasteiger partial charge in [0, 0.05) is 18.6 Å². The summed E-state index contributed by atoms with van der Waals surface area (Å²) in [6, 6.07) is 10.00. The molecule has 5 heteroatoms. The number of rotatable bonds is 3. The average Bonchev–Trinajstić information content (AvgIpc) is 2.52. The van der Waals surface area contributed by atoms with Crippen molar-refractivity contribution in [3.8, 4) is 11.3 Å². The lowest BCUT2D eigenvalue weighted by atomic mass is 10.1. The molecule has 1 aliphatic rings. The number of hydrogen-bond acceptors (Lipinski definition) is 3. The van der Waals surface area contributed by atoms with Crippen molar-refractivity contribution in [3.05, 3.63) is 45.8 Å². The second kappa shape index (κ2) is 6.86. The fourth-order valence-electron chi connectivity index (χ4n) is 2.51. The maximum atomic E-state index is 6.25. The molecule has 3 nitrogen and oxygen atoms in total. The number of benzene rings is 1. The lowest BCUT2D eigenvalue weighted by Gasteiger charge is -2.22. The summed E-state index contributed by atoms with van der Waals surface area (Å²) in [5.74, 6) is 0.744. The summed E-state index contributed by atoms with van der Waals surface area (Å²) in [4.78, 5) is 9.06. The predicted molar refractivity (Wildman–Crippen MR) is 87.5 cm³/mol. The molecule has 21 heavy (non-hydrogen) atoms. The van der Waals surface area contributed by atoms with E-state index in [9.17, 15) is 0 Å². The molecule has 0 N–H and O–H groups in total. The van der Waals surface area contributed by atoms with Gasteiger partial charge in [0.05, 0.1) is 16.3 Å². The lowest BCUT2D eigenvalue weighted by Crippen LogP contribution is -2.22. The van der Waals surface area contributed by atoms with E-state index in [4.69, 9.17) is 16.3 Å². The minimum Gasteiger partial charge on any atom is -0.378 e. The smallest absolute Gasteiger partial charge is 0.147 e. The number of hydrogen-bond donors (Lipinski definition) is 0. The third-order valence-corrected chi connectivity index (χ3v) is 4.84. The van der Waals surface area contributed by atoms with Crippen molar-refractivity contribution in [1.29, 1.82) is 0 Å². The summed E-state index contributed by atoms with van der Waals surface area (Å²) in [5, 5.41) is 0.453. The van der Waals surface area contributed by atoms with Gasteiger partial charge in [-0.2, -0.15) is 0 Å². The minimum absolute atomic E-state index is 0.208. The zero-order valence-corrected chi connectivity index (χ0v) is 13.9. The number of halogens is 2. The Bertz CT molecular complexity index is 615. The zero-order chi connectivity index (χ0) is 14.7. The molecule has 1 aromatic carbocycles. The van der Waals surface area contributed by atoms with Crippen LogP contribution in [0.5, 0.6) is 0 Å². The molecule has 1 aliphatic heterocycles. The molecule has 0 radical (unpaired) electrons. The summed E-state index contributed by atoms with van der Waals surface area (Å²) >= 11 is 9.74. The van der Waals surface area contributed by atoms with Crippen LogP contribution in [0.25, 0.3) is 11.3 Å². The molecule has 1 unspecified atom stereocenters. The first-order valence-electron chi connectivity index (χ1n) is 7.13. The Hall–Kier alpha value is -0.970. The molecule has 2 aromatic rings. The largest absolute Gasteiger partial charge is 0.378 e. The molecule has 0 spiro atoms. The van der Waals surface area contributed by atoms with Crippen LogP contribution in [0.4, 0.5) is 0 Å². The Morgan fingerprint density at radius 1 is 1.19 bits per heavy atom. The van der Waals surface area contributed by atoms with E-state index < -0.39 is 0 Å². The summed E-state index contributed by atoms with van der Waals surface area (Å²) in [6.07, 6.45) is 4.35. The Balaban J connectivity index is 1.90. The van der Waals surface area contributed by atoms with Gasteiger partial charge >= 0.3 is 0 Å². The van der Waals surface area contributed by atoms with E-state index in [-0.39, 0.29) is 6.10 Å². The number of aromatic nitrogens is 2. The summed E-state index contributed by atoms with van der Waals surface area (Å²) in [7, 11) is 0. The van der Waals surface area contributed by atoms with E-state index in [2.05, 4.69) is 25.9 Å². The third-order valence-electron chi connectivity index (χ3n) is 3.59. The summed E-state index contributed by atoms with van der Waals surface area (Å²) < 4.78 is 6.50. The van der Waals surface area contributed by atoms with Crippen LogP contribution >= 0.6 is 27.5 Å². The lowest BCUT2D eigenvalue weighted by molar-refractivity contribution is 0.0156. The fraction of sp³-hybridized carbons (Fsp3) is 0.375. The van der Waals surface area contributed by atoms with Gasteiger partial charge in [-0.15, -0.1) is 0 Å². The van der Waals surface area contributed by atoms with E-state index in [1.807, 2.05) is 30.3 Å². The number of nitrogens with zero attached hydrogens (tertiary/aromatic N) is 2. The highest BCUT2D eigenvalue weighted by atomic mass is 79.9. The molecule has 1 fully saturated rings. The molecule has 0 saturated carbocycles. The van der Waals surface area contributed by atoms with Crippen molar-refractivity contribution in [2.75, 3.05) is 6.61 Å². The summed E-state index contributed by atoms with van der Waals surface area (Å²) in [5.41, 5.74) is 1.86. The Morgan fingerprint density at radius 3 is 2.71 bits per heavy atom. The molecule has 2 heterocycles. The van der Waals surface area contributed by atoms with Crippen molar-refractivity contribution >= 4 is 27.5 Å². The molecule has 0 amide bonds. The maximum Gasteiger partial charge on any atom is 0.147 e. The molecular weight excluding hydrogens is 352 g/mol. The highest BCUT2D eigenvalue weighted by Crippen LogP contribution is 2.31. The van der Waals surface area contributed by atoms with Crippen molar-refractivity contribution < 1.29 is 4.74 Å². The van der Waals surface area contributed by atoms with Gasteiger partial charge in [-0.05, 0) is 35.2 Å². The van der Waals surface area contributed by atoms with E-state index >= 15 is 0 Å². The van der Waals surface area contributed by atoms with Crippen molar-refractivity contribution in [2.45, 2.75) is 31.8 Å². The van der Waals surface area contributed by atoms with Gasteiger partial charge in [0.1, 0.15) is 11.0 Å². The summed E-state index contributed by atoms with van der Waals surface area (Å²) in [6.45, 7) is 0.834. The van der Waals surface area contributed by atoms with Gasteiger partial charge in [0.2, 0.25) is 0 Å². The van der Waals surface area contributed by atoms with Crippen molar-refractivity contribution in [3.63, 3.8) is 0 Å². The van der Waals surface area contributed by atoms with Crippen LogP contribution in [-0.2, 0) is 11.2 Å². The highest BCUT2D eigenvalue weighted by molar-refractivity contribution is 9.10.